The van der Waals surface area contributed by atoms with Crippen molar-refractivity contribution in [1.29, 1.82) is 0 Å². The maximum absolute atomic E-state index is 4.42. The number of guanidine groups is 1. The maximum Gasteiger partial charge on any atom is 0.190 e. The van der Waals surface area contributed by atoms with Crippen LogP contribution in [0.2, 0.25) is 0 Å². The van der Waals surface area contributed by atoms with Crippen molar-refractivity contribution >= 4 is 5.96 Å². The molecule has 0 aromatic carbocycles. The zero-order valence-corrected chi connectivity index (χ0v) is 11.5. The van der Waals surface area contributed by atoms with E-state index < -0.39 is 0 Å². The normalized spacial score (nSPS) is 11.7. The van der Waals surface area contributed by atoms with Crippen LogP contribution in [0.25, 0.3) is 0 Å². The standard InChI is InChI=1S/C12H23N5/c1-9-11(10(2)17(5)16-9)7-6-8-15-12(13-3)14-4/h6-8H2,1-5H3,(H2,13,14,15). The van der Waals surface area contributed by atoms with Gasteiger partial charge in [0.1, 0.15) is 0 Å². The molecular formula is C12H23N5. The van der Waals surface area contributed by atoms with Gasteiger partial charge in [-0.05, 0) is 32.3 Å². The van der Waals surface area contributed by atoms with E-state index in [9.17, 15) is 0 Å². The lowest BCUT2D eigenvalue weighted by Gasteiger charge is -2.08. The first-order valence-electron chi connectivity index (χ1n) is 5.97. The largest absolute Gasteiger partial charge is 0.359 e. The van der Waals surface area contributed by atoms with Gasteiger partial charge in [0.2, 0.25) is 0 Å². The fourth-order valence-corrected chi connectivity index (χ4v) is 1.93. The molecule has 5 heteroatoms. The molecule has 0 aliphatic rings. The lowest BCUT2D eigenvalue weighted by Crippen LogP contribution is -2.35. The number of hydrogen-bond acceptors (Lipinski definition) is 2. The number of rotatable bonds is 4. The van der Waals surface area contributed by atoms with Crippen LogP contribution in [-0.2, 0) is 13.5 Å². The molecule has 1 rings (SSSR count). The van der Waals surface area contributed by atoms with Crippen molar-refractivity contribution in [1.82, 2.24) is 20.4 Å². The minimum Gasteiger partial charge on any atom is -0.359 e. The first kappa shape index (κ1) is 13.5. The molecule has 0 fully saturated rings. The third-order valence-electron chi connectivity index (χ3n) is 3.02. The fraction of sp³-hybridized carbons (Fsp3) is 0.667. The van der Waals surface area contributed by atoms with Gasteiger partial charge in [-0.1, -0.05) is 0 Å². The maximum atomic E-state index is 4.42. The number of nitrogens with one attached hydrogen (secondary N) is 2. The van der Waals surface area contributed by atoms with Crippen LogP contribution >= 0.6 is 0 Å². The molecule has 0 radical (unpaired) electrons. The molecule has 1 aromatic rings. The molecule has 0 aliphatic heterocycles. The Morgan fingerprint density at radius 2 is 2.12 bits per heavy atom. The summed E-state index contributed by atoms with van der Waals surface area (Å²) in [6.07, 6.45) is 2.13. The Balaban J connectivity index is 2.41. The molecule has 0 bridgehead atoms. The summed E-state index contributed by atoms with van der Waals surface area (Å²) in [4.78, 5) is 4.07. The van der Waals surface area contributed by atoms with Crippen LogP contribution in [-0.4, -0.2) is 36.4 Å². The van der Waals surface area contributed by atoms with E-state index in [0.29, 0.717) is 0 Å². The number of hydrogen-bond donors (Lipinski definition) is 2. The van der Waals surface area contributed by atoms with Gasteiger partial charge in [0.25, 0.3) is 0 Å². The molecule has 5 nitrogen and oxygen atoms in total. The molecule has 96 valence electrons. The van der Waals surface area contributed by atoms with Crippen LogP contribution in [0.1, 0.15) is 23.4 Å². The molecule has 17 heavy (non-hydrogen) atoms. The smallest absolute Gasteiger partial charge is 0.190 e. The van der Waals surface area contributed by atoms with Gasteiger partial charge in [-0.3, -0.25) is 9.67 Å². The van der Waals surface area contributed by atoms with Gasteiger partial charge in [0, 0.05) is 33.4 Å². The highest BCUT2D eigenvalue weighted by atomic mass is 15.3. The zero-order chi connectivity index (χ0) is 12.8. The Kier molecular flexibility index (Phi) is 5.00. The van der Waals surface area contributed by atoms with Crippen molar-refractivity contribution in [3.8, 4) is 0 Å². The third-order valence-corrected chi connectivity index (χ3v) is 3.02. The zero-order valence-electron chi connectivity index (χ0n) is 11.5. The van der Waals surface area contributed by atoms with Crippen molar-refractivity contribution in [2.24, 2.45) is 12.0 Å². The summed E-state index contributed by atoms with van der Waals surface area (Å²) in [6, 6.07) is 0. The van der Waals surface area contributed by atoms with E-state index >= 15 is 0 Å². The SMILES string of the molecule is CN=C(NC)NCCCc1c(C)nn(C)c1C. The van der Waals surface area contributed by atoms with E-state index in [2.05, 4.69) is 34.6 Å². The predicted octanol–water partition coefficient (Wildman–Crippen LogP) is 0.764. The summed E-state index contributed by atoms with van der Waals surface area (Å²) in [6.45, 7) is 5.11. The van der Waals surface area contributed by atoms with E-state index in [0.717, 1.165) is 31.0 Å². The van der Waals surface area contributed by atoms with Crippen LogP contribution in [0.4, 0.5) is 0 Å². The molecular weight excluding hydrogens is 214 g/mol. The Bertz CT molecular complexity index is 392. The molecule has 0 saturated heterocycles. The molecule has 1 heterocycles. The molecule has 0 unspecified atom stereocenters. The van der Waals surface area contributed by atoms with Crippen molar-refractivity contribution < 1.29 is 0 Å². The first-order chi connectivity index (χ1) is 8.10. The van der Waals surface area contributed by atoms with Crippen molar-refractivity contribution in [2.45, 2.75) is 26.7 Å². The van der Waals surface area contributed by atoms with Gasteiger partial charge >= 0.3 is 0 Å². The summed E-state index contributed by atoms with van der Waals surface area (Å²) in [7, 11) is 5.63. The third kappa shape index (κ3) is 3.47. The molecule has 0 spiro atoms. The van der Waals surface area contributed by atoms with E-state index in [-0.39, 0.29) is 0 Å². The van der Waals surface area contributed by atoms with Crippen LogP contribution < -0.4 is 10.6 Å². The summed E-state index contributed by atoms with van der Waals surface area (Å²) < 4.78 is 1.95. The molecule has 0 aliphatic carbocycles. The lowest BCUT2D eigenvalue weighted by atomic mass is 10.1. The van der Waals surface area contributed by atoms with Crippen molar-refractivity contribution in [3.05, 3.63) is 17.0 Å². The predicted molar refractivity (Wildman–Crippen MR) is 71.4 cm³/mol. The quantitative estimate of drug-likeness (QED) is 0.462. The average molecular weight is 237 g/mol. The Labute approximate surface area is 103 Å². The Morgan fingerprint density at radius 3 is 2.59 bits per heavy atom. The topological polar surface area (TPSA) is 54.2 Å². The van der Waals surface area contributed by atoms with E-state index in [4.69, 9.17) is 0 Å². The summed E-state index contributed by atoms with van der Waals surface area (Å²) in [5.74, 6) is 0.838. The van der Waals surface area contributed by atoms with E-state index in [1.165, 1.54) is 11.3 Å². The minimum absolute atomic E-state index is 0.838. The molecule has 1 aromatic heterocycles. The van der Waals surface area contributed by atoms with Crippen molar-refractivity contribution in [2.75, 3.05) is 20.6 Å². The average Bonchev–Trinajstić information content (AvgIpc) is 2.55. The molecule has 0 amide bonds. The number of nitrogens with zero attached hydrogens (tertiary/aromatic N) is 3. The summed E-state index contributed by atoms with van der Waals surface area (Å²) >= 11 is 0. The highest BCUT2D eigenvalue weighted by Crippen LogP contribution is 2.13. The van der Waals surface area contributed by atoms with Crippen molar-refractivity contribution in [3.63, 3.8) is 0 Å². The number of aryl methyl sites for hydroxylation is 2. The molecule has 0 saturated carbocycles. The lowest BCUT2D eigenvalue weighted by molar-refractivity contribution is 0.725. The molecule has 2 N–H and O–H groups in total. The number of aromatic nitrogens is 2. The second-order valence-electron chi connectivity index (χ2n) is 4.13. The Morgan fingerprint density at radius 1 is 1.41 bits per heavy atom. The van der Waals surface area contributed by atoms with Gasteiger partial charge in [-0.15, -0.1) is 0 Å². The van der Waals surface area contributed by atoms with Gasteiger partial charge in [-0.25, -0.2) is 0 Å². The second kappa shape index (κ2) is 6.27. The van der Waals surface area contributed by atoms with Crippen LogP contribution in [0.3, 0.4) is 0 Å². The van der Waals surface area contributed by atoms with Crippen LogP contribution in [0.15, 0.2) is 4.99 Å². The molecule has 0 atom stereocenters. The van der Waals surface area contributed by atoms with E-state index in [1.807, 2.05) is 18.8 Å². The Hall–Kier alpha value is -1.52. The summed E-state index contributed by atoms with van der Waals surface area (Å²) in [5.41, 5.74) is 3.78. The summed E-state index contributed by atoms with van der Waals surface area (Å²) in [5, 5.41) is 10.7. The minimum atomic E-state index is 0.838. The highest BCUT2D eigenvalue weighted by Gasteiger charge is 2.08. The monoisotopic (exact) mass is 237 g/mol. The second-order valence-corrected chi connectivity index (χ2v) is 4.13. The van der Waals surface area contributed by atoms with Gasteiger partial charge in [-0.2, -0.15) is 5.10 Å². The number of aliphatic imine (C=N–C) groups is 1. The fourth-order valence-electron chi connectivity index (χ4n) is 1.93. The highest BCUT2D eigenvalue weighted by molar-refractivity contribution is 5.79. The first-order valence-corrected chi connectivity index (χ1v) is 5.97. The van der Waals surface area contributed by atoms with Gasteiger partial charge < -0.3 is 10.6 Å². The van der Waals surface area contributed by atoms with Gasteiger partial charge in [0.15, 0.2) is 5.96 Å². The van der Waals surface area contributed by atoms with Crippen LogP contribution in [0, 0.1) is 13.8 Å². The van der Waals surface area contributed by atoms with Gasteiger partial charge in [0.05, 0.1) is 5.69 Å². The van der Waals surface area contributed by atoms with Crippen LogP contribution in [0.5, 0.6) is 0 Å². The van der Waals surface area contributed by atoms with E-state index in [1.54, 1.807) is 7.05 Å².